The zero-order chi connectivity index (χ0) is 13.0. The smallest absolute Gasteiger partial charge is 0.355 e. The third-order valence-electron chi connectivity index (χ3n) is 2.90. The van der Waals surface area contributed by atoms with Crippen LogP contribution >= 0.6 is 0 Å². The zero-order valence-electron chi connectivity index (χ0n) is 10.1. The quantitative estimate of drug-likeness (QED) is 0.805. The molecule has 1 aliphatic rings. The number of aliphatic hydroxyl groups is 1. The number of rotatable bonds is 4. The van der Waals surface area contributed by atoms with Gasteiger partial charge in [0.2, 0.25) is 0 Å². The summed E-state index contributed by atoms with van der Waals surface area (Å²) >= 11 is 0. The van der Waals surface area contributed by atoms with Crippen molar-refractivity contribution >= 4 is 11.7 Å². The Kier molecular flexibility index (Phi) is 3.62. The standard InChI is InChI=1S/C13H15NO4/c1-17-12(16)13(9-15)8-11(14-18-13)7-10-5-3-2-4-6-10/h2-6,15H,7-9H2,1H3. The number of ether oxygens (including phenoxy) is 1. The first-order valence-corrected chi connectivity index (χ1v) is 5.67. The second-order valence-electron chi connectivity index (χ2n) is 4.23. The lowest BCUT2D eigenvalue weighted by Crippen LogP contribution is -2.43. The number of aliphatic hydroxyl groups excluding tert-OH is 1. The van der Waals surface area contributed by atoms with Gasteiger partial charge in [0.1, 0.15) is 0 Å². The van der Waals surface area contributed by atoms with Gasteiger partial charge in [0.15, 0.2) is 0 Å². The Morgan fingerprint density at radius 1 is 1.50 bits per heavy atom. The predicted molar refractivity (Wildman–Crippen MR) is 65.1 cm³/mol. The maximum absolute atomic E-state index is 11.6. The molecule has 0 aromatic heterocycles. The molecule has 0 aliphatic carbocycles. The molecule has 1 aliphatic heterocycles. The van der Waals surface area contributed by atoms with E-state index < -0.39 is 18.2 Å². The molecule has 1 unspecified atom stereocenters. The second-order valence-corrected chi connectivity index (χ2v) is 4.23. The normalized spacial score (nSPS) is 22.2. The van der Waals surface area contributed by atoms with E-state index in [1.807, 2.05) is 30.3 Å². The zero-order valence-corrected chi connectivity index (χ0v) is 10.1. The fourth-order valence-electron chi connectivity index (χ4n) is 1.92. The maximum Gasteiger partial charge on any atom is 0.355 e. The third-order valence-corrected chi connectivity index (χ3v) is 2.90. The third kappa shape index (κ3) is 2.36. The number of carbonyl (C=O) groups excluding carboxylic acids is 1. The molecule has 0 saturated heterocycles. The van der Waals surface area contributed by atoms with Gasteiger partial charge in [0.05, 0.1) is 19.4 Å². The van der Waals surface area contributed by atoms with Crippen LogP contribution in [0.3, 0.4) is 0 Å². The van der Waals surface area contributed by atoms with Crippen molar-refractivity contribution in [3.05, 3.63) is 35.9 Å². The SMILES string of the molecule is COC(=O)C1(CO)CC(Cc2ccccc2)=NO1. The van der Waals surface area contributed by atoms with E-state index in [9.17, 15) is 9.90 Å². The molecule has 5 nitrogen and oxygen atoms in total. The minimum absolute atomic E-state index is 0.255. The van der Waals surface area contributed by atoms with E-state index in [2.05, 4.69) is 9.89 Å². The molecule has 1 atom stereocenters. The van der Waals surface area contributed by atoms with Gasteiger partial charge in [-0.2, -0.15) is 0 Å². The van der Waals surface area contributed by atoms with Gasteiger partial charge in [0.25, 0.3) is 5.60 Å². The topological polar surface area (TPSA) is 68.1 Å². The van der Waals surface area contributed by atoms with Gasteiger partial charge < -0.3 is 14.7 Å². The van der Waals surface area contributed by atoms with Crippen LogP contribution in [0.25, 0.3) is 0 Å². The minimum Gasteiger partial charge on any atom is -0.466 e. The molecule has 1 aromatic carbocycles. The van der Waals surface area contributed by atoms with Crippen LogP contribution in [0.4, 0.5) is 0 Å². The van der Waals surface area contributed by atoms with Gasteiger partial charge in [-0.1, -0.05) is 35.5 Å². The molecular weight excluding hydrogens is 234 g/mol. The first kappa shape index (κ1) is 12.6. The van der Waals surface area contributed by atoms with E-state index in [1.165, 1.54) is 7.11 Å². The fourth-order valence-corrected chi connectivity index (χ4v) is 1.92. The van der Waals surface area contributed by atoms with E-state index in [0.717, 1.165) is 11.3 Å². The average Bonchev–Trinajstić information content (AvgIpc) is 2.83. The van der Waals surface area contributed by atoms with Gasteiger partial charge in [0, 0.05) is 12.8 Å². The molecule has 5 heteroatoms. The molecular formula is C13H15NO4. The molecule has 0 fully saturated rings. The Morgan fingerprint density at radius 3 is 2.83 bits per heavy atom. The van der Waals surface area contributed by atoms with Crippen LogP contribution in [0.15, 0.2) is 35.5 Å². The summed E-state index contributed by atoms with van der Waals surface area (Å²) in [7, 11) is 1.26. The maximum atomic E-state index is 11.6. The van der Waals surface area contributed by atoms with Crippen molar-refractivity contribution in [2.75, 3.05) is 13.7 Å². The van der Waals surface area contributed by atoms with Crippen LogP contribution in [0, 0.1) is 0 Å². The molecule has 0 radical (unpaired) electrons. The van der Waals surface area contributed by atoms with Crippen LogP contribution in [0.1, 0.15) is 12.0 Å². The first-order valence-electron chi connectivity index (χ1n) is 5.67. The van der Waals surface area contributed by atoms with Crippen molar-refractivity contribution in [1.82, 2.24) is 0 Å². The number of nitrogens with zero attached hydrogens (tertiary/aromatic N) is 1. The molecule has 0 saturated carbocycles. The second kappa shape index (κ2) is 5.18. The molecule has 1 N–H and O–H groups in total. The molecule has 0 spiro atoms. The monoisotopic (exact) mass is 249 g/mol. The van der Waals surface area contributed by atoms with Crippen molar-refractivity contribution in [2.24, 2.45) is 5.16 Å². The lowest BCUT2D eigenvalue weighted by molar-refractivity contribution is -0.171. The van der Waals surface area contributed by atoms with E-state index >= 15 is 0 Å². The van der Waals surface area contributed by atoms with Crippen LogP contribution in [0.5, 0.6) is 0 Å². The summed E-state index contributed by atoms with van der Waals surface area (Å²) in [6, 6.07) is 9.75. The lowest BCUT2D eigenvalue weighted by Gasteiger charge is -2.20. The van der Waals surface area contributed by atoms with Crippen molar-refractivity contribution < 1.29 is 19.5 Å². The number of hydrogen-bond acceptors (Lipinski definition) is 5. The van der Waals surface area contributed by atoms with E-state index in [4.69, 9.17) is 4.84 Å². The fraction of sp³-hybridized carbons (Fsp3) is 0.385. The summed E-state index contributed by atoms with van der Waals surface area (Å²) in [6.07, 6.45) is 0.852. The van der Waals surface area contributed by atoms with Crippen LogP contribution < -0.4 is 0 Å². The molecule has 2 rings (SSSR count). The summed E-state index contributed by atoms with van der Waals surface area (Å²) < 4.78 is 4.63. The van der Waals surface area contributed by atoms with E-state index in [1.54, 1.807) is 0 Å². The molecule has 1 heterocycles. The molecule has 96 valence electrons. The van der Waals surface area contributed by atoms with Crippen LogP contribution in [0.2, 0.25) is 0 Å². The molecule has 0 bridgehead atoms. The number of carbonyl (C=O) groups is 1. The summed E-state index contributed by atoms with van der Waals surface area (Å²) in [5.41, 5.74) is 0.442. The van der Waals surface area contributed by atoms with Gasteiger partial charge in [-0.25, -0.2) is 4.79 Å². The average molecular weight is 249 g/mol. The number of benzene rings is 1. The number of esters is 1. The van der Waals surface area contributed by atoms with Gasteiger partial charge in [-0.3, -0.25) is 0 Å². The predicted octanol–water partition coefficient (Wildman–Crippen LogP) is 0.909. The van der Waals surface area contributed by atoms with Crippen LogP contribution in [-0.4, -0.2) is 36.1 Å². The molecule has 18 heavy (non-hydrogen) atoms. The van der Waals surface area contributed by atoms with Crippen LogP contribution in [-0.2, 0) is 20.8 Å². The van der Waals surface area contributed by atoms with Gasteiger partial charge in [-0.05, 0) is 5.56 Å². The summed E-state index contributed by atoms with van der Waals surface area (Å²) in [4.78, 5) is 16.7. The first-order chi connectivity index (χ1) is 8.70. The Bertz CT molecular complexity index is 457. The molecule has 1 aromatic rings. The number of methoxy groups -OCH3 is 1. The van der Waals surface area contributed by atoms with E-state index in [-0.39, 0.29) is 6.42 Å². The molecule has 0 amide bonds. The van der Waals surface area contributed by atoms with Crippen molar-refractivity contribution in [3.63, 3.8) is 0 Å². The minimum atomic E-state index is -1.36. The van der Waals surface area contributed by atoms with Gasteiger partial charge in [-0.15, -0.1) is 0 Å². The van der Waals surface area contributed by atoms with Crippen molar-refractivity contribution in [2.45, 2.75) is 18.4 Å². The lowest BCUT2D eigenvalue weighted by atomic mass is 9.95. The highest BCUT2D eigenvalue weighted by atomic mass is 16.7. The Balaban J connectivity index is 2.05. The van der Waals surface area contributed by atoms with Gasteiger partial charge >= 0.3 is 5.97 Å². The van der Waals surface area contributed by atoms with Crippen molar-refractivity contribution in [3.8, 4) is 0 Å². The largest absolute Gasteiger partial charge is 0.466 e. The highest BCUT2D eigenvalue weighted by molar-refractivity contribution is 5.94. The highest BCUT2D eigenvalue weighted by Gasteiger charge is 2.47. The Hall–Kier alpha value is -1.88. The number of hydrogen-bond donors (Lipinski definition) is 1. The summed E-state index contributed by atoms with van der Waals surface area (Å²) in [6.45, 7) is -0.443. The Morgan fingerprint density at radius 2 is 2.22 bits per heavy atom. The van der Waals surface area contributed by atoms with Crippen molar-refractivity contribution in [1.29, 1.82) is 0 Å². The van der Waals surface area contributed by atoms with E-state index in [0.29, 0.717) is 6.42 Å². The summed E-state index contributed by atoms with van der Waals surface area (Å²) in [5, 5.41) is 13.2. The number of oxime groups is 1. The highest BCUT2D eigenvalue weighted by Crippen LogP contribution is 2.26. The summed E-state index contributed by atoms with van der Waals surface area (Å²) in [5.74, 6) is -0.600. The Labute approximate surface area is 105 Å².